The van der Waals surface area contributed by atoms with Crippen molar-refractivity contribution in [2.75, 3.05) is 6.61 Å². The van der Waals surface area contributed by atoms with Crippen LogP contribution in [0.2, 0.25) is 0 Å². The maximum absolute atomic E-state index is 13.4. The van der Waals surface area contributed by atoms with Gasteiger partial charge in [0.2, 0.25) is 0 Å². The molecule has 1 N–H and O–H groups in total. The van der Waals surface area contributed by atoms with E-state index in [-0.39, 0.29) is 30.4 Å². The molecule has 9 heteroatoms. The molecule has 0 saturated heterocycles. The predicted octanol–water partition coefficient (Wildman–Crippen LogP) is 1.95. The summed E-state index contributed by atoms with van der Waals surface area (Å²) in [7, 11) is 0. The van der Waals surface area contributed by atoms with Gasteiger partial charge in [0.25, 0.3) is 0 Å². The van der Waals surface area contributed by atoms with Crippen molar-refractivity contribution in [2.24, 2.45) is 0 Å². The molecule has 0 atom stereocenters. The standard InChI is InChI=1S/C24H23AsFN3O4/c1-24(2)23-28-19(21(30)27-13-16-8-9-17(26)12-18(16)25)20(22(31)29(23)10-11-33-24)32-14-15-6-4-3-5-7-15/h3-9,12H,10-11,13-14H2,1-2H3,(H,27,30). The molecule has 0 aliphatic carbocycles. The molecule has 0 bridgehead atoms. The van der Waals surface area contributed by atoms with E-state index in [1.165, 1.54) is 16.7 Å². The second kappa shape index (κ2) is 9.49. The molecule has 7 nitrogen and oxygen atoms in total. The number of halogens is 1. The Hall–Kier alpha value is -2.96. The monoisotopic (exact) mass is 511 g/mol. The summed E-state index contributed by atoms with van der Waals surface area (Å²) >= 11 is 2.28. The molecule has 2 aromatic carbocycles. The number of aromatic nitrogens is 2. The summed E-state index contributed by atoms with van der Waals surface area (Å²) in [5, 5.41) is 2.77. The van der Waals surface area contributed by atoms with Crippen molar-refractivity contribution in [3.05, 3.63) is 87.3 Å². The molecule has 1 aromatic heterocycles. The van der Waals surface area contributed by atoms with Crippen LogP contribution >= 0.6 is 0 Å². The number of benzene rings is 2. The van der Waals surface area contributed by atoms with Crippen LogP contribution in [0, 0.1) is 5.82 Å². The second-order valence-corrected chi connectivity index (χ2v) is 9.17. The fourth-order valence-electron chi connectivity index (χ4n) is 3.62. The van der Waals surface area contributed by atoms with E-state index in [1.54, 1.807) is 19.9 Å². The van der Waals surface area contributed by atoms with Gasteiger partial charge in [0.15, 0.2) is 0 Å². The van der Waals surface area contributed by atoms with E-state index in [0.717, 1.165) is 11.1 Å². The summed E-state index contributed by atoms with van der Waals surface area (Å²) in [6.45, 7) is 4.54. The molecule has 1 aliphatic heterocycles. The topological polar surface area (TPSA) is 82.5 Å². The SMILES string of the molecule is CC1(C)OCCn2c1nc(C(=O)NCc1ccc(F)cc1[As])c(OCc1ccccc1)c2=O. The molecule has 1 amide bonds. The van der Waals surface area contributed by atoms with Crippen molar-refractivity contribution in [2.45, 2.75) is 39.1 Å². The van der Waals surface area contributed by atoms with Gasteiger partial charge >= 0.3 is 193 Å². The number of fused-ring (bicyclic) bond motifs is 1. The number of carbonyl (C=O) groups is 1. The number of ether oxygens (including phenoxy) is 2. The first-order chi connectivity index (χ1) is 15.8. The van der Waals surface area contributed by atoms with Gasteiger partial charge in [-0.3, -0.25) is 0 Å². The summed E-state index contributed by atoms with van der Waals surface area (Å²) in [6, 6.07) is 13.7. The Labute approximate surface area is 199 Å². The molecule has 2 heterocycles. The number of nitrogens with zero attached hydrogens (tertiary/aromatic N) is 2. The summed E-state index contributed by atoms with van der Waals surface area (Å²) < 4.78 is 27.2. The zero-order valence-corrected chi connectivity index (χ0v) is 20.2. The average molecular weight is 511 g/mol. The Morgan fingerprint density at radius 2 is 2.03 bits per heavy atom. The number of carbonyl (C=O) groups excluding carboxylic acids is 1. The Morgan fingerprint density at radius 3 is 2.76 bits per heavy atom. The van der Waals surface area contributed by atoms with E-state index in [4.69, 9.17) is 9.47 Å². The van der Waals surface area contributed by atoms with Gasteiger partial charge in [0.05, 0.1) is 0 Å². The Balaban J connectivity index is 1.68. The van der Waals surface area contributed by atoms with Crippen LogP contribution in [0.5, 0.6) is 5.75 Å². The number of rotatable bonds is 6. The van der Waals surface area contributed by atoms with Crippen LogP contribution < -0.4 is 20.0 Å². The fourth-order valence-corrected chi connectivity index (χ4v) is 4.20. The van der Waals surface area contributed by atoms with E-state index in [1.807, 2.05) is 30.3 Å². The van der Waals surface area contributed by atoms with Crippen molar-refractivity contribution in [1.29, 1.82) is 0 Å². The molecule has 1 aliphatic rings. The number of amides is 1. The van der Waals surface area contributed by atoms with Crippen LogP contribution in [-0.2, 0) is 30.0 Å². The third kappa shape index (κ3) is 5.02. The zero-order chi connectivity index (χ0) is 23.6. The minimum atomic E-state index is -0.838. The summed E-state index contributed by atoms with van der Waals surface area (Å²) in [4.78, 5) is 31.0. The number of hydrogen-bond donors (Lipinski definition) is 1. The molecule has 0 saturated carbocycles. The molecule has 2 radical (unpaired) electrons. The molecular weight excluding hydrogens is 488 g/mol. The molecule has 4 rings (SSSR count). The summed E-state index contributed by atoms with van der Waals surface area (Å²) in [5.74, 6) is -0.657. The first-order valence-corrected chi connectivity index (χ1v) is 11.4. The van der Waals surface area contributed by atoms with Gasteiger partial charge in [0, 0.05) is 0 Å². The van der Waals surface area contributed by atoms with E-state index in [0.29, 0.717) is 23.3 Å². The van der Waals surface area contributed by atoms with E-state index in [2.05, 4.69) is 27.2 Å². The van der Waals surface area contributed by atoms with Crippen molar-refractivity contribution in [3.8, 4) is 5.75 Å². The fraction of sp³-hybridized carbons (Fsp3) is 0.292. The molecule has 33 heavy (non-hydrogen) atoms. The Morgan fingerprint density at radius 1 is 1.27 bits per heavy atom. The molecular formula is C24H23AsFN3O4. The van der Waals surface area contributed by atoms with Crippen LogP contribution in [0.15, 0.2) is 53.3 Å². The second-order valence-electron chi connectivity index (χ2n) is 8.16. The molecule has 170 valence electrons. The van der Waals surface area contributed by atoms with E-state index in [9.17, 15) is 14.0 Å². The molecule has 3 aromatic rings. The predicted molar refractivity (Wildman–Crippen MR) is 121 cm³/mol. The van der Waals surface area contributed by atoms with Gasteiger partial charge in [-0.1, -0.05) is 6.07 Å². The van der Waals surface area contributed by atoms with Crippen molar-refractivity contribution >= 4 is 27.1 Å². The number of hydrogen-bond acceptors (Lipinski definition) is 5. The van der Waals surface area contributed by atoms with Gasteiger partial charge in [-0.05, 0) is 0 Å². The van der Waals surface area contributed by atoms with E-state index >= 15 is 0 Å². The van der Waals surface area contributed by atoms with Crippen molar-refractivity contribution in [3.63, 3.8) is 0 Å². The van der Waals surface area contributed by atoms with Crippen LogP contribution in [0.1, 0.15) is 41.3 Å². The molecule has 0 fully saturated rings. The van der Waals surface area contributed by atoms with Crippen molar-refractivity contribution in [1.82, 2.24) is 14.9 Å². The number of nitrogens with one attached hydrogen (secondary N) is 1. The average Bonchev–Trinajstić information content (AvgIpc) is 2.78. The van der Waals surface area contributed by atoms with Gasteiger partial charge in [0.1, 0.15) is 0 Å². The first-order valence-electron chi connectivity index (χ1n) is 10.5. The third-order valence-electron chi connectivity index (χ3n) is 5.37. The molecule has 0 unspecified atom stereocenters. The van der Waals surface area contributed by atoms with Gasteiger partial charge in [-0.2, -0.15) is 0 Å². The van der Waals surface area contributed by atoms with Gasteiger partial charge < -0.3 is 0 Å². The quantitative estimate of drug-likeness (QED) is 0.512. The zero-order valence-electron chi connectivity index (χ0n) is 18.3. The molecule has 0 spiro atoms. The summed E-state index contributed by atoms with van der Waals surface area (Å²) in [5.41, 5.74) is 0.224. The summed E-state index contributed by atoms with van der Waals surface area (Å²) in [6.07, 6.45) is 0. The minimum absolute atomic E-state index is 0.102. The third-order valence-corrected chi connectivity index (χ3v) is 6.25. The van der Waals surface area contributed by atoms with Gasteiger partial charge in [-0.25, -0.2) is 0 Å². The normalized spacial score (nSPS) is 14.4. The maximum atomic E-state index is 13.4. The van der Waals surface area contributed by atoms with Crippen LogP contribution in [0.4, 0.5) is 4.39 Å². The Kier molecular flexibility index (Phi) is 6.68. The van der Waals surface area contributed by atoms with Gasteiger partial charge in [-0.15, -0.1) is 0 Å². The first kappa shape index (κ1) is 23.2. The van der Waals surface area contributed by atoms with E-state index < -0.39 is 17.1 Å². The van der Waals surface area contributed by atoms with Crippen LogP contribution in [0.3, 0.4) is 0 Å². The van der Waals surface area contributed by atoms with Crippen LogP contribution in [-0.4, -0.2) is 38.9 Å². The van der Waals surface area contributed by atoms with Crippen LogP contribution in [0.25, 0.3) is 0 Å². The Bertz CT molecular complexity index is 1240. The van der Waals surface area contributed by atoms with Crippen molar-refractivity contribution < 1.29 is 18.7 Å².